The summed E-state index contributed by atoms with van der Waals surface area (Å²) < 4.78 is 0. The second kappa shape index (κ2) is 15.4. The van der Waals surface area contributed by atoms with Gasteiger partial charge in [0.25, 0.3) is 0 Å². The third kappa shape index (κ3) is 11.5. The fourth-order valence-electron chi connectivity index (χ4n) is 6.51. The lowest BCUT2D eigenvalue weighted by atomic mass is 9.65. The highest BCUT2D eigenvalue weighted by Gasteiger charge is 2.45. The molecular formula is C40H56O4. The molecule has 0 aromatic heterocycles. The van der Waals surface area contributed by atoms with Crippen LogP contribution in [0.1, 0.15) is 94.9 Å². The Hall–Kier alpha value is -2.94. The van der Waals surface area contributed by atoms with Gasteiger partial charge < -0.3 is 20.4 Å². The van der Waals surface area contributed by atoms with Crippen molar-refractivity contribution in [1.82, 2.24) is 0 Å². The molecule has 240 valence electrons. The molecule has 2 saturated carbocycles. The second-order valence-electron chi connectivity index (χ2n) is 14.5. The van der Waals surface area contributed by atoms with Crippen LogP contribution in [-0.4, -0.2) is 43.8 Å². The third-order valence-corrected chi connectivity index (χ3v) is 8.34. The Morgan fingerprint density at radius 2 is 0.864 bits per heavy atom. The van der Waals surface area contributed by atoms with Gasteiger partial charge in [0.1, 0.15) is 0 Å². The molecule has 0 radical (unpaired) electrons. The van der Waals surface area contributed by atoms with Crippen molar-refractivity contribution in [2.45, 2.75) is 118 Å². The van der Waals surface area contributed by atoms with Crippen LogP contribution in [0, 0.1) is 10.8 Å². The Balaban J connectivity index is 2.00. The number of aliphatic hydroxyl groups excluding tert-OH is 2. The Bertz CT molecular complexity index is 1240. The van der Waals surface area contributed by atoms with Crippen LogP contribution in [0.5, 0.6) is 0 Å². The van der Waals surface area contributed by atoms with Gasteiger partial charge in [0.15, 0.2) is 0 Å². The van der Waals surface area contributed by atoms with E-state index >= 15 is 0 Å². The summed E-state index contributed by atoms with van der Waals surface area (Å²) in [7, 11) is 0. The van der Waals surface area contributed by atoms with Crippen LogP contribution in [0.25, 0.3) is 0 Å². The number of aliphatic hydroxyl groups is 4. The van der Waals surface area contributed by atoms with Gasteiger partial charge in [0.2, 0.25) is 0 Å². The Kier molecular flexibility index (Phi) is 13.0. The topological polar surface area (TPSA) is 80.9 Å². The monoisotopic (exact) mass is 600 g/mol. The molecule has 2 aliphatic carbocycles. The van der Waals surface area contributed by atoms with E-state index in [0.29, 0.717) is 25.7 Å². The van der Waals surface area contributed by atoms with Crippen LogP contribution < -0.4 is 0 Å². The predicted molar refractivity (Wildman–Crippen MR) is 185 cm³/mol. The minimum Gasteiger partial charge on any atom is -0.393 e. The van der Waals surface area contributed by atoms with Gasteiger partial charge >= 0.3 is 0 Å². The molecule has 2 rings (SSSR count). The molecule has 0 saturated heterocycles. The van der Waals surface area contributed by atoms with Gasteiger partial charge in [-0.25, -0.2) is 0 Å². The average Bonchev–Trinajstić information content (AvgIpc) is 2.83. The molecule has 0 aromatic carbocycles. The number of allylic oxidation sites excluding steroid dienone is 14. The zero-order chi connectivity index (χ0) is 33.3. The molecule has 0 aromatic rings. The Labute approximate surface area is 267 Å². The maximum Gasteiger partial charge on any atom is 0.0931 e. The van der Waals surface area contributed by atoms with Gasteiger partial charge in [-0.2, -0.15) is 0 Å². The standard InChI is InChI=1S/C40H56O4/c1-29(17-13-19-31(3)21-23-35-37(5,6)25-33(41)27-39(35,9)43)15-11-12-16-30(2)18-14-20-32(4)22-24-36-38(7,8)26-34(42)28-40(36,10)44/h11-22,33-34,41-44H,25-28H2,1-10H3/b12-11+,17-13+,18-14+,29-15+,30-16+,31-19+,32-20+/t23?,24?,33-,34-,39+,40+/m0/s1. The molecule has 0 heterocycles. The summed E-state index contributed by atoms with van der Waals surface area (Å²) in [6, 6.07) is 0. The SMILES string of the molecule is C\C(C=C=C1C(C)(C)C[C@H](O)C[C@@]1(C)O)=C/C=C/C(C)=C/C=C/C=C(C)/C=C/C=C(\C)C=C=C1C(C)(C)C[C@H](O)C[C@@]1(C)O. The van der Waals surface area contributed by atoms with Gasteiger partial charge in [-0.05, 0) is 88.5 Å². The van der Waals surface area contributed by atoms with Gasteiger partial charge in [0.05, 0.1) is 23.4 Å². The molecule has 4 nitrogen and oxygen atoms in total. The summed E-state index contributed by atoms with van der Waals surface area (Å²) in [6.07, 6.45) is 25.0. The van der Waals surface area contributed by atoms with Gasteiger partial charge in [0, 0.05) is 24.0 Å². The van der Waals surface area contributed by atoms with Gasteiger partial charge in [-0.3, -0.25) is 0 Å². The summed E-state index contributed by atoms with van der Waals surface area (Å²) in [5.74, 6) is 0. The highest BCUT2D eigenvalue weighted by molar-refractivity contribution is 5.34. The minimum atomic E-state index is -1.06. The largest absolute Gasteiger partial charge is 0.393 e. The second-order valence-corrected chi connectivity index (χ2v) is 14.5. The van der Waals surface area contributed by atoms with E-state index in [9.17, 15) is 20.4 Å². The van der Waals surface area contributed by atoms with Gasteiger partial charge in [-0.15, -0.1) is 11.5 Å². The summed E-state index contributed by atoms with van der Waals surface area (Å²) in [4.78, 5) is 0. The van der Waals surface area contributed by atoms with E-state index in [-0.39, 0.29) is 10.8 Å². The predicted octanol–water partition coefficient (Wildman–Crippen LogP) is 8.47. The molecule has 0 spiro atoms. The molecule has 0 unspecified atom stereocenters. The molecule has 4 heteroatoms. The van der Waals surface area contributed by atoms with Crippen LogP contribution >= 0.6 is 0 Å². The lowest BCUT2D eigenvalue weighted by Gasteiger charge is -2.43. The highest BCUT2D eigenvalue weighted by Crippen LogP contribution is 2.46. The summed E-state index contributed by atoms with van der Waals surface area (Å²) in [5, 5.41) is 41.9. The van der Waals surface area contributed by atoms with E-state index in [1.807, 2.05) is 90.2 Å². The van der Waals surface area contributed by atoms with Gasteiger partial charge in [-0.1, -0.05) is 99.6 Å². The summed E-state index contributed by atoms with van der Waals surface area (Å²) in [5.41, 5.74) is 9.88. The van der Waals surface area contributed by atoms with Crippen molar-refractivity contribution in [3.05, 3.63) is 118 Å². The van der Waals surface area contributed by atoms with E-state index in [4.69, 9.17) is 0 Å². The van der Waals surface area contributed by atoms with Crippen LogP contribution in [0.3, 0.4) is 0 Å². The maximum atomic E-state index is 10.8. The van der Waals surface area contributed by atoms with Crippen molar-refractivity contribution in [2.24, 2.45) is 10.8 Å². The maximum absolute atomic E-state index is 10.8. The molecular weight excluding hydrogens is 544 g/mol. The quantitative estimate of drug-likeness (QED) is 0.166. The molecule has 4 atom stereocenters. The van der Waals surface area contributed by atoms with Crippen LogP contribution in [-0.2, 0) is 0 Å². The first kappa shape index (κ1) is 37.2. The normalized spacial score (nSPS) is 30.2. The molecule has 0 amide bonds. The Morgan fingerprint density at radius 3 is 1.18 bits per heavy atom. The molecule has 4 N–H and O–H groups in total. The first-order valence-corrected chi connectivity index (χ1v) is 15.7. The Morgan fingerprint density at radius 1 is 0.545 bits per heavy atom. The van der Waals surface area contributed by atoms with E-state index in [1.165, 1.54) is 0 Å². The van der Waals surface area contributed by atoms with Crippen molar-refractivity contribution in [3.8, 4) is 0 Å². The lowest BCUT2D eigenvalue weighted by Crippen LogP contribution is -2.45. The molecule has 2 aliphatic rings. The molecule has 2 fully saturated rings. The molecule has 0 aliphatic heterocycles. The number of hydrogen-bond acceptors (Lipinski definition) is 4. The number of hydrogen-bond donors (Lipinski definition) is 4. The van der Waals surface area contributed by atoms with Crippen molar-refractivity contribution in [3.63, 3.8) is 0 Å². The highest BCUT2D eigenvalue weighted by atomic mass is 16.3. The molecule has 0 bridgehead atoms. The fourth-order valence-corrected chi connectivity index (χ4v) is 6.51. The fraction of sp³-hybridized carbons (Fsp3) is 0.500. The minimum absolute atomic E-state index is 0.310. The van der Waals surface area contributed by atoms with E-state index in [2.05, 4.69) is 49.6 Å². The number of rotatable bonds is 8. The van der Waals surface area contributed by atoms with Crippen molar-refractivity contribution in [2.75, 3.05) is 0 Å². The third-order valence-electron chi connectivity index (χ3n) is 8.34. The smallest absolute Gasteiger partial charge is 0.0931 e. The van der Waals surface area contributed by atoms with E-state index < -0.39 is 23.4 Å². The lowest BCUT2D eigenvalue weighted by molar-refractivity contribution is -0.0277. The summed E-state index contributed by atoms with van der Waals surface area (Å²) in [6.45, 7) is 19.8. The van der Waals surface area contributed by atoms with Crippen molar-refractivity contribution in [1.29, 1.82) is 0 Å². The first-order valence-electron chi connectivity index (χ1n) is 15.7. The van der Waals surface area contributed by atoms with Crippen LogP contribution in [0.4, 0.5) is 0 Å². The van der Waals surface area contributed by atoms with E-state index in [1.54, 1.807) is 13.8 Å². The average molecular weight is 601 g/mol. The summed E-state index contributed by atoms with van der Waals surface area (Å²) >= 11 is 0. The van der Waals surface area contributed by atoms with E-state index in [0.717, 1.165) is 33.4 Å². The van der Waals surface area contributed by atoms with Crippen LogP contribution in [0.2, 0.25) is 0 Å². The zero-order valence-corrected chi connectivity index (χ0v) is 28.7. The zero-order valence-electron chi connectivity index (χ0n) is 28.7. The molecule has 44 heavy (non-hydrogen) atoms. The van der Waals surface area contributed by atoms with Crippen molar-refractivity contribution < 1.29 is 20.4 Å². The van der Waals surface area contributed by atoms with Crippen molar-refractivity contribution >= 4 is 0 Å². The van der Waals surface area contributed by atoms with Crippen LogP contribution in [0.15, 0.2) is 118 Å². The first-order chi connectivity index (χ1) is 20.2.